The van der Waals surface area contributed by atoms with E-state index in [9.17, 15) is 0 Å². The summed E-state index contributed by atoms with van der Waals surface area (Å²) in [6, 6.07) is 7.52. The highest BCUT2D eigenvalue weighted by Gasteiger charge is 2.04. The maximum Gasteiger partial charge on any atom is 0.0603 e. The topological polar surface area (TPSA) is 12.9 Å². The van der Waals surface area contributed by atoms with Crippen LogP contribution in [-0.2, 0) is 0 Å². The van der Waals surface area contributed by atoms with Gasteiger partial charge in [0.1, 0.15) is 0 Å². The number of pyridine rings is 1. The fourth-order valence-corrected chi connectivity index (χ4v) is 2.81. The van der Waals surface area contributed by atoms with E-state index in [1.807, 2.05) is 18.2 Å². The summed E-state index contributed by atoms with van der Waals surface area (Å²) in [5.74, 6) is 0. The minimum atomic E-state index is 0.567. The summed E-state index contributed by atoms with van der Waals surface area (Å²) in [5, 5.41) is 1.14. The van der Waals surface area contributed by atoms with E-state index in [2.05, 4.69) is 20.9 Å². The van der Waals surface area contributed by atoms with Crippen molar-refractivity contribution in [2.45, 2.75) is 9.79 Å². The Bertz CT molecular complexity index is 519. The number of benzene rings is 1. The van der Waals surface area contributed by atoms with Crippen molar-refractivity contribution in [1.82, 2.24) is 4.98 Å². The van der Waals surface area contributed by atoms with Crippen LogP contribution in [0.2, 0.25) is 10.0 Å². The molecule has 0 spiro atoms. The fourth-order valence-electron chi connectivity index (χ4n) is 1.11. The average molecular weight is 335 g/mol. The van der Waals surface area contributed by atoms with Crippen LogP contribution in [0, 0.1) is 0 Å². The first kappa shape index (κ1) is 12.2. The van der Waals surface area contributed by atoms with Crippen LogP contribution < -0.4 is 0 Å². The lowest BCUT2D eigenvalue weighted by Gasteiger charge is -2.04. The highest BCUT2D eigenvalue weighted by atomic mass is 79.9. The molecule has 5 heteroatoms. The number of rotatable bonds is 2. The van der Waals surface area contributed by atoms with Gasteiger partial charge in [-0.05, 0) is 40.2 Å². The van der Waals surface area contributed by atoms with Gasteiger partial charge in [-0.2, -0.15) is 0 Å². The van der Waals surface area contributed by atoms with Gasteiger partial charge in [0, 0.05) is 26.7 Å². The standard InChI is InChI=1S/C11H6BrCl2NS/c12-8-6-15-4-3-11(8)16-7-1-2-9(13)10(14)5-7/h1-6H. The van der Waals surface area contributed by atoms with Gasteiger partial charge in [0.05, 0.1) is 10.0 Å². The minimum Gasteiger partial charge on any atom is -0.263 e. The minimum absolute atomic E-state index is 0.567. The van der Waals surface area contributed by atoms with Crippen LogP contribution in [-0.4, -0.2) is 4.98 Å². The highest BCUT2D eigenvalue weighted by Crippen LogP contribution is 2.35. The van der Waals surface area contributed by atoms with Gasteiger partial charge >= 0.3 is 0 Å². The Kier molecular flexibility index (Phi) is 4.14. The first-order valence-corrected chi connectivity index (χ1v) is 6.76. The molecule has 2 aromatic rings. The van der Waals surface area contributed by atoms with Crippen molar-refractivity contribution in [3.05, 3.63) is 51.2 Å². The molecule has 1 nitrogen and oxygen atoms in total. The number of aromatic nitrogens is 1. The zero-order chi connectivity index (χ0) is 11.5. The molecular formula is C11H6BrCl2NS. The van der Waals surface area contributed by atoms with E-state index < -0.39 is 0 Å². The van der Waals surface area contributed by atoms with Crippen LogP contribution in [0.15, 0.2) is 50.9 Å². The third kappa shape index (κ3) is 2.92. The zero-order valence-corrected chi connectivity index (χ0v) is 11.9. The van der Waals surface area contributed by atoms with Crippen LogP contribution in [0.4, 0.5) is 0 Å². The summed E-state index contributed by atoms with van der Waals surface area (Å²) in [4.78, 5) is 6.14. The van der Waals surface area contributed by atoms with Gasteiger partial charge in [0.2, 0.25) is 0 Å². The Balaban J connectivity index is 2.28. The molecular weight excluding hydrogens is 329 g/mol. The fraction of sp³-hybridized carbons (Fsp3) is 0. The SMILES string of the molecule is Clc1ccc(Sc2ccncc2Br)cc1Cl. The Labute approximate surface area is 116 Å². The third-order valence-electron chi connectivity index (χ3n) is 1.85. The van der Waals surface area contributed by atoms with Crippen LogP contribution in [0.3, 0.4) is 0 Å². The molecule has 0 atom stereocenters. The largest absolute Gasteiger partial charge is 0.263 e. The van der Waals surface area contributed by atoms with Gasteiger partial charge in [0.15, 0.2) is 0 Å². The van der Waals surface area contributed by atoms with Crippen LogP contribution in [0.1, 0.15) is 0 Å². The predicted octanol–water partition coefficient (Wildman–Crippen LogP) is 5.30. The second-order valence-electron chi connectivity index (χ2n) is 2.98. The number of nitrogens with zero attached hydrogens (tertiary/aromatic N) is 1. The summed E-state index contributed by atoms with van der Waals surface area (Å²) >= 11 is 16.9. The third-order valence-corrected chi connectivity index (χ3v) is 4.55. The Morgan fingerprint density at radius 1 is 1.12 bits per heavy atom. The van der Waals surface area contributed by atoms with E-state index in [1.165, 1.54) is 0 Å². The van der Waals surface area contributed by atoms with E-state index in [0.29, 0.717) is 10.0 Å². The summed E-state index contributed by atoms with van der Waals surface area (Å²) < 4.78 is 0.964. The molecule has 1 heterocycles. The number of hydrogen-bond donors (Lipinski definition) is 0. The lowest BCUT2D eigenvalue weighted by atomic mass is 10.4. The Morgan fingerprint density at radius 2 is 1.94 bits per heavy atom. The van der Waals surface area contributed by atoms with Crippen molar-refractivity contribution in [2.75, 3.05) is 0 Å². The van der Waals surface area contributed by atoms with Gasteiger partial charge in [0.25, 0.3) is 0 Å². The van der Waals surface area contributed by atoms with Gasteiger partial charge in [-0.15, -0.1) is 0 Å². The molecule has 0 radical (unpaired) electrons. The first-order valence-electron chi connectivity index (χ1n) is 4.39. The number of halogens is 3. The quantitative estimate of drug-likeness (QED) is 0.738. The van der Waals surface area contributed by atoms with Crippen LogP contribution in [0.5, 0.6) is 0 Å². The first-order chi connectivity index (χ1) is 7.66. The molecule has 16 heavy (non-hydrogen) atoms. The molecule has 82 valence electrons. The lowest BCUT2D eigenvalue weighted by Crippen LogP contribution is -1.78. The molecule has 0 amide bonds. The predicted molar refractivity (Wildman–Crippen MR) is 72.5 cm³/mol. The van der Waals surface area contributed by atoms with E-state index >= 15 is 0 Å². The highest BCUT2D eigenvalue weighted by molar-refractivity contribution is 9.10. The van der Waals surface area contributed by atoms with E-state index in [1.54, 1.807) is 30.2 Å². The Hall–Kier alpha value is -0.220. The molecule has 0 saturated carbocycles. The molecule has 1 aromatic heterocycles. The van der Waals surface area contributed by atoms with E-state index in [4.69, 9.17) is 23.2 Å². The molecule has 1 aromatic carbocycles. The number of hydrogen-bond acceptors (Lipinski definition) is 2. The smallest absolute Gasteiger partial charge is 0.0603 e. The van der Waals surface area contributed by atoms with Crippen LogP contribution >= 0.6 is 50.9 Å². The monoisotopic (exact) mass is 333 g/mol. The Morgan fingerprint density at radius 3 is 2.62 bits per heavy atom. The van der Waals surface area contributed by atoms with Crippen molar-refractivity contribution < 1.29 is 0 Å². The zero-order valence-electron chi connectivity index (χ0n) is 7.95. The maximum atomic E-state index is 5.95. The molecule has 0 unspecified atom stereocenters. The average Bonchev–Trinajstić information content (AvgIpc) is 2.27. The van der Waals surface area contributed by atoms with Gasteiger partial charge in [-0.1, -0.05) is 35.0 Å². The molecule has 0 bridgehead atoms. The molecule has 0 aliphatic rings. The molecule has 2 rings (SSSR count). The van der Waals surface area contributed by atoms with E-state index in [0.717, 1.165) is 14.3 Å². The van der Waals surface area contributed by atoms with Crippen molar-refractivity contribution >= 4 is 50.9 Å². The van der Waals surface area contributed by atoms with Gasteiger partial charge < -0.3 is 0 Å². The second-order valence-corrected chi connectivity index (χ2v) is 5.77. The van der Waals surface area contributed by atoms with Crippen molar-refractivity contribution in [3.8, 4) is 0 Å². The summed E-state index contributed by atoms with van der Waals surface area (Å²) in [7, 11) is 0. The summed E-state index contributed by atoms with van der Waals surface area (Å²) in [5.41, 5.74) is 0. The molecule has 0 aliphatic carbocycles. The van der Waals surface area contributed by atoms with Crippen molar-refractivity contribution in [2.24, 2.45) is 0 Å². The summed E-state index contributed by atoms with van der Waals surface area (Å²) in [6.45, 7) is 0. The molecule has 0 fully saturated rings. The van der Waals surface area contributed by atoms with Crippen LogP contribution in [0.25, 0.3) is 0 Å². The lowest BCUT2D eigenvalue weighted by molar-refractivity contribution is 1.23. The van der Waals surface area contributed by atoms with Crippen molar-refractivity contribution in [3.63, 3.8) is 0 Å². The molecule has 0 aliphatic heterocycles. The molecule has 0 N–H and O–H groups in total. The maximum absolute atomic E-state index is 5.95. The van der Waals surface area contributed by atoms with Crippen molar-refractivity contribution in [1.29, 1.82) is 0 Å². The summed E-state index contributed by atoms with van der Waals surface area (Å²) in [6.07, 6.45) is 3.52. The second kappa shape index (κ2) is 5.41. The molecule has 0 saturated heterocycles. The van der Waals surface area contributed by atoms with E-state index in [-0.39, 0.29) is 0 Å². The van der Waals surface area contributed by atoms with Gasteiger partial charge in [-0.3, -0.25) is 4.98 Å². The normalized spacial score (nSPS) is 10.4. The van der Waals surface area contributed by atoms with Gasteiger partial charge in [-0.25, -0.2) is 0 Å².